The maximum Gasteiger partial charge on any atom is 0.223 e. The molecule has 1 N–H and O–H groups in total. The first-order valence-electron chi connectivity index (χ1n) is 9.02. The zero-order chi connectivity index (χ0) is 15.8. The van der Waals surface area contributed by atoms with Gasteiger partial charge in [0.15, 0.2) is 0 Å². The van der Waals surface area contributed by atoms with Gasteiger partial charge in [-0.05, 0) is 58.7 Å². The van der Waals surface area contributed by atoms with Crippen LogP contribution < -0.4 is 0 Å². The molecule has 0 bridgehead atoms. The lowest BCUT2D eigenvalue weighted by atomic mass is 10.0. The Labute approximate surface area is 135 Å². The first-order valence-corrected chi connectivity index (χ1v) is 9.02. The van der Waals surface area contributed by atoms with Gasteiger partial charge in [0.05, 0.1) is 0 Å². The summed E-state index contributed by atoms with van der Waals surface area (Å²) in [5.41, 5.74) is 0. The molecule has 2 aliphatic rings. The molecule has 5 heteroatoms. The van der Waals surface area contributed by atoms with Gasteiger partial charge in [0.25, 0.3) is 0 Å². The SMILES string of the molecule is CN(CCCO)C1CCN(CCC(=O)N2CCCCC2)CC1. The standard InChI is InChI=1S/C17H33N3O2/c1-18(9-5-15-21)16-6-12-19(13-7-16)14-8-17(22)20-10-3-2-4-11-20/h16,21H,2-15H2,1H3. The van der Waals surface area contributed by atoms with Gasteiger partial charge in [0.1, 0.15) is 0 Å². The van der Waals surface area contributed by atoms with Gasteiger partial charge in [-0.3, -0.25) is 4.79 Å². The summed E-state index contributed by atoms with van der Waals surface area (Å²) in [5, 5.41) is 8.91. The number of piperidine rings is 2. The fraction of sp³-hybridized carbons (Fsp3) is 0.941. The van der Waals surface area contributed by atoms with Crippen molar-refractivity contribution >= 4 is 5.91 Å². The molecule has 2 heterocycles. The van der Waals surface area contributed by atoms with E-state index in [1.54, 1.807) is 0 Å². The molecule has 5 nitrogen and oxygen atoms in total. The maximum absolute atomic E-state index is 12.2. The van der Waals surface area contributed by atoms with Crippen LogP contribution >= 0.6 is 0 Å². The van der Waals surface area contributed by atoms with Gasteiger partial charge >= 0.3 is 0 Å². The first kappa shape index (κ1) is 17.7. The van der Waals surface area contributed by atoms with Gasteiger partial charge < -0.3 is 19.8 Å². The van der Waals surface area contributed by atoms with Crippen LogP contribution in [0.5, 0.6) is 0 Å². The number of hydrogen-bond donors (Lipinski definition) is 1. The predicted octanol–water partition coefficient (Wildman–Crippen LogP) is 1.17. The molecule has 0 aliphatic carbocycles. The van der Waals surface area contributed by atoms with Crippen LogP contribution in [0, 0.1) is 0 Å². The number of rotatable bonds is 7. The molecule has 0 aromatic carbocycles. The molecule has 2 saturated heterocycles. The van der Waals surface area contributed by atoms with E-state index in [0.717, 1.165) is 45.7 Å². The average Bonchev–Trinajstić information content (AvgIpc) is 2.58. The summed E-state index contributed by atoms with van der Waals surface area (Å²) in [6.07, 6.45) is 7.54. The second-order valence-electron chi connectivity index (χ2n) is 6.82. The van der Waals surface area contributed by atoms with Crippen molar-refractivity contribution in [3.05, 3.63) is 0 Å². The molecule has 0 atom stereocenters. The van der Waals surface area contributed by atoms with Crippen LogP contribution in [0.25, 0.3) is 0 Å². The lowest BCUT2D eigenvalue weighted by molar-refractivity contribution is -0.132. The average molecular weight is 311 g/mol. The summed E-state index contributed by atoms with van der Waals surface area (Å²) in [6.45, 7) is 6.31. The highest BCUT2D eigenvalue weighted by Crippen LogP contribution is 2.16. The third kappa shape index (κ3) is 5.52. The molecule has 0 radical (unpaired) electrons. The molecule has 0 aromatic rings. The summed E-state index contributed by atoms with van der Waals surface area (Å²) in [5.74, 6) is 0.349. The highest BCUT2D eigenvalue weighted by Gasteiger charge is 2.23. The van der Waals surface area contributed by atoms with Crippen LogP contribution in [0.15, 0.2) is 0 Å². The summed E-state index contributed by atoms with van der Waals surface area (Å²) in [4.78, 5) is 19.1. The molecular formula is C17H33N3O2. The number of nitrogens with zero attached hydrogens (tertiary/aromatic N) is 3. The van der Waals surface area contributed by atoms with Gasteiger partial charge in [-0.1, -0.05) is 0 Å². The topological polar surface area (TPSA) is 47.0 Å². The van der Waals surface area contributed by atoms with E-state index >= 15 is 0 Å². The largest absolute Gasteiger partial charge is 0.396 e. The van der Waals surface area contributed by atoms with E-state index in [1.165, 1.54) is 32.1 Å². The lowest BCUT2D eigenvalue weighted by Gasteiger charge is -2.37. The van der Waals surface area contributed by atoms with Crippen molar-refractivity contribution in [1.82, 2.24) is 14.7 Å². The van der Waals surface area contributed by atoms with E-state index in [2.05, 4.69) is 21.7 Å². The third-order valence-electron chi connectivity index (χ3n) is 5.20. The molecule has 0 aromatic heterocycles. The fourth-order valence-corrected chi connectivity index (χ4v) is 3.64. The van der Waals surface area contributed by atoms with Crippen molar-refractivity contribution in [2.75, 3.05) is 52.9 Å². The van der Waals surface area contributed by atoms with Gasteiger partial charge in [-0.15, -0.1) is 0 Å². The minimum atomic E-state index is 0.280. The van der Waals surface area contributed by atoms with Gasteiger partial charge in [0, 0.05) is 45.2 Å². The van der Waals surface area contributed by atoms with Gasteiger partial charge in [0.2, 0.25) is 5.91 Å². The molecule has 128 valence electrons. The Morgan fingerprint density at radius 3 is 2.45 bits per heavy atom. The number of amides is 1. The Kier molecular flexibility index (Phi) is 7.63. The number of likely N-dealkylation sites (tertiary alicyclic amines) is 2. The number of carbonyl (C=O) groups excluding carboxylic acids is 1. The number of hydrogen-bond acceptors (Lipinski definition) is 4. The van der Waals surface area contributed by atoms with Crippen LogP contribution in [0.3, 0.4) is 0 Å². The zero-order valence-electron chi connectivity index (χ0n) is 14.2. The normalized spacial score (nSPS) is 21.5. The molecule has 2 aliphatic heterocycles. The summed E-state index contributed by atoms with van der Waals surface area (Å²) < 4.78 is 0. The van der Waals surface area contributed by atoms with Crippen molar-refractivity contribution in [1.29, 1.82) is 0 Å². The van der Waals surface area contributed by atoms with E-state index in [1.807, 2.05) is 0 Å². The molecular weight excluding hydrogens is 278 g/mol. The second kappa shape index (κ2) is 9.48. The van der Waals surface area contributed by atoms with Crippen LogP contribution in [-0.4, -0.2) is 84.7 Å². The Balaban J connectivity index is 1.61. The van der Waals surface area contributed by atoms with E-state index in [4.69, 9.17) is 5.11 Å². The first-order chi connectivity index (χ1) is 10.7. The van der Waals surface area contributed by atoms with Crippen molar-refractivity contribution in [2.45, 2.75) is 51.0 Å². The smallest absolute Gasteiger partial charge is 0.223 e. The van der Waals surface area contributed by atoms with Crippen LogP contribution in [0.2, 0.25) is 0 Å². The number of carbonyl (C=O) groups is 1. The summed E-state index contributed by atoms with van der Waals surface area (Å²) in [7, 11) is 2.16. The van der Waals surface area contributed by atoms with Crippen LogP contribution in [0.4, 0.5) is 0 Å². The van der Waals surface area contributed by atoms with E-state index < -0.39 is 0 Å². The lowest BCUT2D eigenvalue weighted by Crippen LogP contribution is -2.45. The molecule has 1 amide bonds. The van der Waals surface area contributed by atoms with Crippen molar-refractivity contribution in [3.8, 4) is 0 Å². The van der Waals surface area contributed by atoms with Crippen LogP contribution in [0.1, 0.15) is 44.9 Å². The molecule has 2 rings (SSSR count). The molecule has 0 saturated carbocycles. The number of aliphatic hydroxyl groups is 1. The van der Waals surface area contributed by atoms with Crippen molar-refractivity contribution in [3.63, 3.8) is 0 Å². The second-order valence-corrected chi connectivity index (χ2v) is 6.82. The predicted molar refractivity (Wildman–Crippen MR) is 88.8 cm³/mol. The van der Waals surface area contributed by atoms with E-state index in [0.29, 0.717) is 18.4 Å². The molecule has 22 heavy (non-hydrogen) atoms. The van der Waals surface area contributed by atoms with Crippen molar-refractivity contribution < 1.29 is 9.90 Å². The molecule has 2 fully saturated rings. The Hall–Kier alpha value is -0.650. The van der Waals surface area contributed by atoms with Crippen LogP contribution in [-0.2, 0) is 4.79 Å². The monoisotopic (exact) mass is 311 g/mol. The minimum Gasteiger partial charge on any atom is -0.396 e. The Morgan fingerprint density at radius 2 is 1.82 bits per heavy atom. The van der Waals surface area contributed by atoms with E-state index in [-0.39, 0.29) is 6.61 Å². The third-order valence-corrected chi connectivity index (χ3v) is 5.20. The van der Waals surface area contributed by atoms with Gasteiger partial charge in [-0.25, -0.2) is 0 Å². The van der Waals surface area contributed by atoms with E-state index in [9.17, 15) is 4.79 Å². The molecule has 0 spiro atoms. The quantitative estimate of drug-likeness (QED) is 0.767. The maximum atomic E-state index is 12.2. The van der Waals surface area contributed by atoms with Crippen molar-refractivity contribution in [2.24, 2.45) is 0 Å². The number of aliphatic hydroxyl groups excluding tert-OH is 1. The summed E-state index contributed by atoms with van der Waals surface area (Å²) >= 11 is 0. The Bertz CT molecular complexity index is 324. The van der Waals surface area contributed by atoms with Gasteiger partial charge in [-0.2, -0.15) is 0 Å². The fourth-order valence-electron chi connectivity index (χ4n) is 3.64. The summed E-state index contributed by atoms with van der Waals surface area (Å²) in [6, 6.07) is 0.639. The minimum absolute atomic E-state index is 0.280. The Morgan fingerprint density at radius 1 is 1.14 bits per heavy atom. The highest BCUT2D eigenvalue weighted by atomic mass is 16.3. The molecule has 0 unspecified atom stereocenters. The highest BCUT2D eigenvalue weighted by molar-refractivity contribution is 5.76. The zero-order valence-corrected chi connectivity index (χ0v) is 14.2.